The van der Waals surface area contributed by atoms with Crippen molar-refractivity contribution < 1.29 is 0 Å². The van der Waals surface area contributed by atoms with E-state index >= 15 is 0 Å². The average Bonchev–Trinajstić information content (AvgIpc) is 2.53. The molecule has 1 rings (SSSR count). The largest absolute Gasteiger partial charge is 0.360 e. The highest BCUT2D eigenvalue weighted by atomic mass is 32.1. The molecular formula is C11H22N2S. The molecule has 1 N–H and O–H groups in total. The minimum Gasteiger partial charge on any atom is -0.360 e. The summed E-state index contributed by atoms with van der Waals surface area (Å²) in [5, 5.41) is 4.34. The molecule has 0 aromatic heterocycles. The molecule has 0 atom stereocenters. The van der Waals surface area contributed by atoms with E-state index in [9.17, 15) is 0 Å². The number of nitrogens with one attached hydrogen (secondary N) is 1. The predicted molar refractivity (Wildman–Crippen MR) is 65.5 cm³/mol. The summed E-state index contributed by atoms with van der Waals surface area (Å²) in [5.74, 6) is 0. The Labute approximate surface area is 93.1 Å². The van der Waals surface area contributed by atoms with E-state index in [2.05, 4.69) is 38.0 Å². The van der Waals surface area contributed by atoms with Crippen LogP contribution in [0.5, 0.6) is 0 Å². The number of rotatable bonds is 1. The first-order chi connectivity index (χ1) is 6.41. The summed E-state index contributed by atoms with van der Waals surface area (Å²) in [6, 6.07) is 0.618. The van der Waals surface area contributed by atoms with E-state index in [1.807, 2.05) is 0 Å². The second-order valence-electron chi connectivity index (χ2n) is 5.16. The molecule has 1 saturated carbocycles. The van der Waals surface area contributed by atoms with Crippen LogP contribution in [-0.4, -0.2) is 28.6 Å². The van der Waals surface area contributed by atoms with E-state index in [1.165, 1.54) is 25.7 Å². The lowest BCUT2D eigenvalue weighted by molar-refractivity contribution is 0.275. The SMILES string of the molecule is CN(C(=S)NC1CCCC1)C(C)(C)C. The minimum absolute atomic E-state index is 0.114. The lowest BCUT2D eigenvalue weighted by Crippen LogP contribution is -2.49. The zero-order chi connectivity index (χ0) is 10.8. The Bertz CT molecular complexity index is 202. The minimum atomic E-state index is 0.114. The van der Waals surface area contributed by atoms with Crippen molar-refractivity contribution in [1.82, 2.24) is 10.2 Å². The number of nitrogens with zero attached hydrogens (tertiary/aromatic N) is 1. The Morgan fingerprint density at radius 3 is 2.21 bits per heavy atom. The lowest BCUT2D eigenvalue weighted by Gasteiger charge is -2.35. The van der Waals surface area contributed by atoms with Crippen molar-refractivity contribution in [3.05, 3.63) is 0 Å². The van der Waals surface area contributed by atoms with Crippen LogP contribution in [0, 0.1) is 0 Å². The fourth-order valence-corrected chi connectivity index (χ4v) is 2.09. The summed E-state index contributed by atoms with van der Waals surface area (Å²) in [6.45, 7) is 6.53. The fraction of sp³-hybridized carbons (Fsp3) is 0.909. The lowest BCUT2D eigenvalue weighted by atomic mass is 10.1. The maximum absolute atomic E-state index is 5.38. The molecule has 0 spiro atoms. The molecule has 0 aromatic rings. The zero-order valence-electron chi connectivity index (χ0n) is 9.76. The molecule has 1 fully saturated rings. The van der Waals surface area contributed by atoms with Gasteiger partial charge in [-0.1, -0.05) is 12.8 Å². The fourth-order valence-electron chi connectivity index (χ4n) is 1.65. The van der Waals surface area contributed by atoms with E-state index in [4.69, 9.17) is 12.2 Å². The first kappa shape index (κ1) is 11.8. The van der Waals surface area contributed by atoms with Gasteiger partial charge in [-0.2, -0.15) is 0 Å². The quantitative estimate of drug-likeness (QED) is 0.675. The van der Waals surface area contributed by atoms with Crippen molar-refractivity contribution in [2.24, 2.45) is 0 Å². The molecule has 0 saturated heterocycles. The zero-order valence-corrected chi connectivity index (χ0v) is 10.6. The van der Waals surface area contributed by atoms with E-state index in [1.54, 1.807) is 0 Å². The van der Waals surface area contributed by atoms with Crippen LogP contribution in [0.15, 0.2) is 0 Å². The van der Waals surface area contributed by atoms with Gasteiger partial charge in [0.25, 0.3) is 0 Å². The van der Waals surface area contributed by atoms with E-state index in [-0.39, 0.29) is 5.54 Å². The molecule has 82 valence electrons. The van der Waals surface area contributed by atoms with Gasteiger partial charge in [0, 0.05) is 18.6 Å². The van der Waals surface area contributed by atoms with Crippen LogP contribution in [0.25, 0.3) is 0 Å². The first-order valence-electron chi connectivity index (χ1n) is 5.45. The molecule has 0 aliphatic heterocycles. The van der Waals surface area contributed by atoms with Gasteiger partial charge in [0.15, 0.2) is 5.11 Å². The van der Waals surface area contributed by atoms with Crippen LogP contribution in [-0.2, 0) is 0 Å². The van der Waals surface area contributed by atoms with Crippen molar-refractivity contribution >= 4 is 17.3 Å². The van der Waals surface area contributed by atoms with Crippen LogP contribution >= 0.6 is 12.2 Å². The molecule has 3 heteroatoms. The van der Waals surface area contributed by atoms with Gasteiger partial charge in [-0.3, -0.25) is 0 Å². The number of thiocarbonyl (C=S) groups is 1. The predicted octanol–water partition coefficient (Wildman–Crippen LogP) is 2.53. The van der Waals surface area contributed by atoms with Gasteiger partial charge in [0.05, 0.1) is 0 Å². The van der Waals surface area contributed by atoms with Crippen molar-refractivity contribution in [3.63, 3.8) is 0 Å². The van der Waals surface area contributed by atoms with Gasteiger partial charge in [-0.25, -0.2) is 0 Å². The standard InChI is InChI=1S/C11H22N2S/c1-11(2,3)13(4)10(14)12-9-7-5-6-8-9/h9H,5-8H2,1-4H3,(H,12,14). The molecule has 0 heterocycles. The maximum atomic E-state index is 5.38. The third kappa shape index (κ3) is 3.12. The molecule has 1 aliphatic rings. The molecule has 1 aliphatic carbocycles. The summed E-state index contributed by atoms with van der Waals surface area (Å²) >= 11 is 5.38. The van der Waals surface area contributed by atoms with Gasteiger partial charge in [0.2, 0.25) is 0 Å². The first-order valence-corrected chi connectivity index (χ1v) is 5.86. The van der Waals surface area contributed by atoms with Crippen LogP contribution in [0.2, 0.25) is 0 Å². The Kier molecular flexibility index (Phi) is 3.76. The van der Waals surface area contributed by atoms with Gasteiger partial charge < -0.3 is 10.2 Å². The monoisotopic (exact) mass is 214 g/mol. The Morgan fingerprint density at radius 1 is 1.29 bits per heavy atom. The molecule has 0 bridgehead atoms. The van der Waals surface area contributed by atoms with Gasteiger partial charge in [0.1, 0.15) is 0 Å². The number of hydrogen-bond acceptors (Lipinski definition) is 1. The Morgan fingerprint density at radius 2 is 1.79 bits per heavy atom. The second kappa shape index (κ2) is 4.47. The summed E-state index contributed by atoms with van der Waals surface area (Å²) in [4.78, 5) is 2.14. The molecule has 0 unspecified atom stereocenters. The highest BCUT2D eigenvalue weighted by Gasteiger charge is 2.22. The average molecular weight is 214 g/mol. The third-order valence-electron chi connectivity index (χ3n) is 2.99. The summed E-state index contributed by atoms with van der Waals surface area (Å²) in [7, 11) is 2.06. The van der Waals surface area contributed by atoms with Crippen LogP contribution < -0.4 is 5.32 Å². The van der Waals surface area contributed by atoms with E-state index in [0.29, 0.717) is 6.04 Å². The molecule has 0 radical (unpaired) electrons. The number of hydrogen-bond donors (Lipinski definition) is 1. The van der Waals surface area contributed by atoms with E-state index in [0.717, 1.165) is 5.11 Å². The molecule has 14 heavy (non-hydrogen) atoms. The van der Waals surface area contributed by atoms with Crippen LogP contribution in [0.1, 0.15) is 46.5 Å². The normalized spacial score (nSPS) is 18.3. The topological polar surface area (TPSA) is 15.3 Å². The summed E-state index contributed by atoms with van der Waals surface area (Å²) < 4.78 is 0. The summed E-state index contributed by atoms with van der Waals surface area (Å²) in [5.41, 5.74) is 0.114. The smallest absolute Gasteiger partial charge is 0.169 e. The van der Waals surface area contributed by atoms with Crippen molar-refractivity contribution in [2.45, 2.75) is 58.0 Å². The molecule has 0 amide bonds. The van der Waals surface area contributed by atoms with Crippen LogP contribution in [0.3, 0.4) is 0 Å². The van der Waals surface area contributed by atoms with Crippen molar-refractivity contribution in [3.8, 4) is 0 Å². The van der Waals surface area contributed by atoms with E-state index < -0.39 is 0 Å². The highest BCUT2D eigenvalue weighted by molar-refractivity contribution is 7.80. The third-order valence-corrected chi connectivity index (χ3v) is 3.39. The van der Waals surface area contributed by atoms with Gasteiger partial charge in [-0.15, -0.1) is 0 Å². The maximum Gasteiger partial charge on any atom is 0.169 e. The highest BCUT2D eigenvalue weighted by Crippen LogP contribution is 2.19. The van der Waals surface area contributed by atoms with Crippen LogP contribution in [0.4, 0.5) is 0 Å². The Hall–Kier alpha value is -0.310. The molecule has 2 nitrogen and oxygen atoms in total. The molecule has 0 aromatic carbocycles. The Balaban J connectivity index is 2.41. The molecular weight excluding hydrogens is 192 g/mol. The summed E-state index contributed by atoms with van der Waals surface area (Å²) in [6.07, 6.45) is 5.25. The van der Waals surface area contributed by atoms with Crippen molar-refractivity contribution in [1.29, 1.82) is 0 Å². The second-order valence-corrected chi connectivity index (χ2v) is 5.55. The van der Waals surface area contributed by atoms with Gasteiger partial charge in [-0.05, 0) is 45.8 Å². The van der Waals surface area contributed by atoms with Gasteiger partial charge >= 0.3 is 0 Å². The van der Waals surface area contributed by atoms with Crippen molar-refractivity contribution in [2.75, 3.05) is 7.05 Å².